The fourth-order valence-electron chi connectivity index (χ4n) is 2.12. The Morgan fingerprint density at radius 3 is 2.79 bits per heavy atom. The molecule has 0 radical (unpaired) electrons. The number of hydrogen-bond donors (Lipinski definition) is 2. The first-order valence-corrected chi connectivity index (χ1v) is 7.93. The maximum absolute atomic E-state index is 8.95. The predicted octanol–water partition coefficient (Wildman–Crippen LogP) is 4.30. The van der Waals surface area contributed by atoms with E-state index in [1.54, 1.807) is 24.4 Å². The van der Waals surface area contributed by atoms with Crippen molar-refractivity contribution in [3.63, 3.8) is 0 Å². The topological polar surface area (TPSA) is 86.5 Å². The molecule has 3 rings (SSSR count). The molecular formula is C17H13BrN6. The minimum Gasteiger partial charge on any atom is -0.339 e. The molecule has 0 bridgehead atoms. The summed E-state index contributed by atoms with van der Waals surface area (Å²) in [4.78, 5) is 4.39. The third-order valence-electron chi connectivity index (χ3n) is 3.26. The van der Waals surface area contributed by atoms with Gasteiger partial charge in [0, 0.05) is 15.8 Å². The molecule has 0 aliphatic rings. The maximum atomic E-state index is 8.95. The van der Waals surface area contributed by atoms with Crippen LogP contribution in [-0.2, 0) is 0 Å². The van der Waals surface area contributed by atoms with Crippen molar-refractivity contribution in [2.45, 2.75) is 6.92 Å². The number of nitriles is 1. The number of aryl methyl sites for hydroxylation is 1. The normalized spacial score (nSPS) is 10.0. The van der Waals surface area contributed by atoms with E-state index in [1.165, 1.54) is 0 Å². The number of nitrogens with zero attached hydrogens (tertiary/aromatic N) is 4. The van der Waals surface area contributed by atoms with Crippen molar-refractivity contribution in [2.24, 2.45) is 0 Å². The van der Waals surface area contributed by atoms with Gasteiger partial charge in [0.2, 0.25) is 5.95 Å². The lowest BCUT2D eigenvalue weighted by Gasteiger charge is -2.10. The molecule has 1 heterocycles. The molecule has 0 saturated heterocycles. The molecule has 7 heteroatoms. The number of anilines is 4. The molecule has 1 aromatic heterocycles. The summed E-state index contributed by atoms with van der Waals surface area (Å²) in [5.74, 6) is 0.930. The van der Waals surface area contributed by atoms with Crippen LogP contribution in [0.15, 0.2) is 53.1 Å². The molecule has 24 heavy (non-hydrogen) atoms. The molecule has 0 amide bonds. The van der Waals surface area contributed by atoms with Crippen LogP contribution in [0.2, 0.25) is 0 Å². The van der Waals surface area contributed by atoms with Gasteiger partial charge in [0.1, 0.15) is 0 Å². The smallest absolute Gasteiger partial charge is 0.249 e. The minimum absolute atomic E-state index is 0.352. The SMILES string of the molecule is Cc1cc(Br)ccc1Nc1cnnc(Nc2cccc(C#N)c2)n1. The van der Waals surface area contributed by atoms with Gasteiger partial charge >= 0.3 is 0 Å². The summed E-state index contributed by atoms with van der Waals surface area (Å²) in [7, 11) is 0. The van der Waals surface area contributed by atoms with Crippen LogP contribution in [0.25, 0.3) is 0 Å². The number of aromatic nitrogens is 3. The summed E-state index contributed by atoms with van der Waals surface area (Å²) in [6.45, 7) is 2.01. The van der Waals surface area contributed by atoms with E-state index in [0.717, 1.165) is 21.4 Å². The molecule has 118 valence electrons. The number of halogens is 1. The second-order valence-electron chi connectivity index (χ2n) is 5.07. The van der Waals surface area contributed by atoms with Gasteiger partial charge in [0.15, 0.2) is 5.82 Å². The van der Waals surface area contributed by atoms with Gasteiger partial charge in [0.25, 0.3) is 0 Å². The van der Waals surface area contributed by atoms with Crippen LogP contribution in [0.4, 0.5) is 23.1 Å². The lowest BCUT2D eigenvalue weighted by atomic mass is 10.2. The zero-order chi connectivity index (χ0) is 16.9. The maximum Gasteiger partial charge on any atom is 0.249 e. The highest BCUT2D eigenvalue weighted by molar-refractivity contribution is 9.10. The Morgan fingerprint density at radius 2 is 2.00 bits per heavy atom. The first-order valence-electron chi connectivity index (χ1n) is 7.14. The van der Waals surface area contributed by atoms with E-state index in [2.05, 4.69) is 47.8 Å². The number of nitrogens with one attached hydrogen (secondary N) is 2. The Morgan fingerprint density at radius 1 is 1.12 bits per heavy atom. The van der Waals surface area contributed by atoms with Gasteiger partial charge in [-0.15, -0.1) is 5.10 Å². The van der Waals surface area contributed by atoms with Gasteiger partial charge in [-0.25, -0.2) is 0 Å². The highest BCUT2D eigenvalue weighted by Gasteiger charge is 2.05. The predicted molar refractivity (Wildman–Crippen MR) is 96.4 cm³/mol. The summed E-state index contributed by atoms with van der Waals surface area (Å²) in [6.07, 6.45) is 1.55. The van der Waals surface area contributed by atoms with Crippen LogP contribution in [0.5, 0.6) is 0 Å². The fraction of sp³-hybridized carbons (Fsp3) is 0.0588. The van der Waals surface area contributed by atoms with E-state index in [4.69, 9.17) is 5.26 Å². The quantitative estimate of drug-likeness (QED) is 0.701. The van der Waals surface area contributed by atoms with E-state index in [0.29, 0.717) is 17.3 Å². The van der Waals surface area contributed by atoms with E-state index >= 15 is 0 Å². The average molecular weight is 381 g/mol. The van der Waals surface area contributed by atoms with Crippen molar-refractivity contribution < 1.29 is 0 Å². The second kappa shape index (κ2) is 7.06. The zero-order valence-electron chi connectivity index (χ0n) is 12.8. The minimum atomic E-state index is 0.352. The highest BCUT2D eigenvalue weighted by Crippen LogP contribution is 2.23. The van der Waals surface area contributed by atoms with E-state index in [-0.39, 0.29) is 0 Å². The summed E-state index contributed by atoms with van der Waals surface area (Å²) < 4.78 is 1.02. The highest BCUT2D eigenvalue weighted by atomic mass is 79.9. The molecule has 0 saturated carbocycles. The van der Waals surface area contributed by atoms with Crippen molar-refractivity contribution >= 4 is 39.1 Å². The Bertz CT molecular complexity index is 919. The largest absolute Gasteiger partial charge is 0.339 e. The molecule has 6 nitrogen and oxygen atoms in total. The number of hydrogen-bond acceptors (Lipinski definition) is 6. The third-order valence-corrected chi connectivity index (χ3v) is 3.75. The second-order valence-corrected chi connectivity index (χ2v) is 5.98. The Kier molecular flexibility index (Phi) is 4.68. The van der Waals surface area contributed by atoms with Crippen LogP contribution in [0, 0.1) is 18.3 Å². The lowest BCUT2D eigenvalue weighted by molar-refractivity contribution is 0.982. The monoisotopic (exact) mass is 380 g/mol. The van der Waals surface area contributed by atoms with Crippen LogP contribution < -0.4 is 10.6 Å². The summed E-state index contributed by atoms with van der Waals surface area (Å²) in [6, 6.07) is 15.1. The Hall–Kier alpha value is -2.98. The molecular weight excluding hydrogens is 368 g/mol. The van der Waals surface area contributed by atoms with E-state index < -0.39 is 0 Å². The summed E-state index contributed by atoms with van der Waals surface area (Å²) >= 11 is 3.44. The van der Waals surface area contributed by atoms with Gasteiger partial charge in [-0.2, -0.15) is 15.3 Å². The molecule has 3 aromatic rings. The van der Waals surface area contributed by atoms with Crippen LogP contribution >= 0.6 is 15.9 Å². The van der Waals surface area contributed by atoms with E-state index in [9.17, 15) is 0 Å². The van der Waals surface area contributed by atoms with Gasteiger partial charge in [-0.1, -0.05) is 22.0 Å². The summed E-state index contributed by atoms with van der Waals surface area (Å²) in [5, 5.41) is 23.1. The average Bonchev–Trinajstić information content (AvgIpc) is 2.58. The van der Waals surface area contributed by atoms with Crippen molar-refractivity contribution in [3.05, 3.63) is 64.3 Å². The van der Waals surface area contributed by atoms with Crippen molar-refractivity contribution in [1.82, 2.24) is 15.2 Å². The fourth-order valence-corrected chi connectivity index (χ4v) is 2.59. The van der Waals surface area contributed by atoms with Crippen molar-refractivity contribution in [2.75, 3.05) is 10.6 Å². The Balaban J connectivity index is 1.80. The summed E-state index contributed by atoms with van der Waals surface area (Å²) in [5.41, 5.74) is 3.32. The van der Waals surface area contributed by atoms with Gasteiger partial charge in [0.05, 0.1) is 17.8 Å². The molecule has 2 aromatic carbocycles. The van der Waals surface area contributed by atoms with Crippen molar-refractivity contribution in [1.29, 1.82) is 5.26 Å². The number of benzene rings is 2. The van der Waals surface area contributed by atoms with Crippen molar-refractivity contribution in [3.8, 4) is 6.07 Å². The van der Waals surface area contributed by atoms with Gasteiger partial charge in [-0.3, -0.25) is 0 Å². The molecule has 0 aliphatic carbocycles. The van der Waals surface area contributed by atoms with Gasteiger partial charge < -0.3 is 10.6 Å². The number of rotatable bonds is 4. The van der Waals surface area contributed by atoms with Crippen LogP contribution in [0.1, 0.15) is 11.1 Å². The van der Waals surface area contributed by atoms with Gasteiger partial charge in [-0.05, 0) is 48.9 Å². The molecule has 0 aliphatic heterocycles. The van der Waals surface area contributed by atoms with Crippen LogP contribution in [-0.4, -0.2) is 15.2 Å². The molecule has 0 unspecified atom stereocenters. The zero-order valence-corrected chi connectivity index (χ0v) is 14.4. The standard InChI is InChI=1S/C17H13BrN6/c1-11-7-13(18)5-6-15(11)22-16-10-20-24-17(23-16)21-14-4-2-3-12(8-14)9-19/h2-8,10H,1H3,(H2,21,22,23,24). The molecule has 0 fully saturated rings. The van der Waals surface area contributed by atoms with E-state index in [1.807, 2.05) is 31.2 Å². The Labute approximate surface area is 147 Å². The first-order chi connectivity index (χ1) is 11.6. The third kappa shape index (κ3) is 3.86. The molecule has 0 spiro atoms. The molecule has 2 N–H and O–H groups in total. The van der Waals surface area contributed by atoms with Crippen LogP contribution in [0.3, 0.4) is 0 Å². The first kappa shape index (κ1) is 15.9. The molecule has 0 atom stereocenters. The lowest BCUT2D eigenvalue weighted by Crippen LogP contribution is -2.03.